The monoisotopic (exact) mass is 285 g/mol. The molecule has 0 aliphatic carbocycles. The SMILES string of the molecule is CC(C)NCc1ccc(N(C)CCc2ccncc2)nn1. The summed E-state index contributed by atoms with van der Waals surface area (Å²) in [7, 11) is 2.04. The first-order valence-corrected chi connectivity index (χ1v) is 7.31. The van der Waals surface area contributed by atoms with Crippen LogP contribution in [0.2, 0.25) is 0 Å². The van der Waals surface area contributed by atoms with E-state index in [1.54, 1.807) is 0 Å². The van der Waals surface area contributed by atoms with E-state index in [-0.39, 0.29) is 0 Å². The van der Waals surface area contributed by atoms with Crippen molar-refractivity contribution < 1.29 is 0 Å². The maximum Gasteiger partial charge on any atom is 0.150 e. The van der Waals surface area contributed by atoms with Crippen LogP contribution in [0.5, 0.6) is 0 Å². The lowest BCUT2D eigenvalue weighted by Gasteiger charge is -2.17. The summed E-state index contributed by atoms with van der Waals surface area (Å²) in [5.41, 5.74) is 2.25. The fraction of sp³-hybridized carbons (Fsp3) is 0.438. The lowest BCUT2D eigenvalue weighted by molar-refractivity contribution is 0.577. The number of anilines is 1. The minimum absolute atomic E-state index is 0.453. The highest BCUT2D eigenvalue weighted by atomic mass is 15.2. The highest BCUT2D eigenvalue weighted by Crippen LogP contribution is 2.09. The van der Waals surface area contributed by atoms with Crippen LogP contribution in [-0.4, -0.2) is 34.8 Å². The molecule has 0 spiro atoms. The average molecular weight is 285 g/mol. The van der Waals surface area contributed by atoms with E-state index in [2.05, 4.69) is 39.2 Å². The van der Waals surface area contributed by atoms with Crippen LogP contribution in [0.15, 0.2) is 36.7 Å². The first-order valence-electron chi connectivity index (χ1n) is 7.31. The summed E-state index contributed by atoms with van der Waals surface area (Å²) in [5, 5.41) is 11.9. The van der Waals surface area contributed by atoms with Gasteiger partial charge in [-0.05, 0) is 36.2 Å². The molecule has 0 aliphatic heterocycles. The molecule has 5 nitrogen and oxygen atoms in total. The minimum Gasteiger partial charge on any atom is -0.358 e. The van der Waals surface area contributed by atoms with Gasteiger partial charge in [-0.25, -0.2) is 0 Å². The van der Waals surface area contributed by atoms with Gasteiger partial charge < -0.3 is 10.2 Å². The van der Waals surface area contributed by atoms with Crippen LogP contribution in [0.1, 0.15) is 25.1 Å². The molecule has 2 rings (SSSR count). The summed E-state index contributed by atoms with van der Waals surface area (Å²) in [4.78, 5) is 6.15. The second-order valence-corrected chi connectivity index (χ2v) is 5.45. The van der Waals surface area contributed by atoms with Crippen LogP contribution in [0.25, 0.3) is 0 Å². The molecule has 0 amide bonds. The molecule has 0 aliphatic rings. The van der Waals surface area contributed by atoms with Crippen LogP contribution in [0.4, 0.5) is 5.82 Å². The van der Waals surface area contributed by atoms with Crippen LogP contribution in [0, 0.1) is 0 Å². The maximum absolute atomic E-state index is 4.29. The molecule has 0 aromatic carbocycles. The topological polar surface area (TPSA) is 53.9 Å². The molecule has 0 saturated heterocycles. The van der Waals surface area contributed by atoms with Crippen molar-refractivity contribution in [1.82, 2.24) is 20.5 Å². The molecule has 0 bridgehead atoms. The lowest BCUT2D eigenvalue weighted by Crippen LogP contribution is -2.24. The van der Waals surface area contributed by atoms with E-state index < -0.39 is 0 Å². The first-order chi connectivity index (χ1) is 10.1. The minimum atomic E-state index is 0.453. The Kier molecular flexibility index (Phi) is 5.63. The molecule has 112 valence electrons. The molecule has 0 saturated carbocycles. The van der Waals surface area contributed by atoms with Crippen molar-refractivity contribution >= 4 is 5.82 Å². The smallest absolute Gasteiger partial charge is 0.150 e. The fourth-order valence-electron chi connectivity index (χ4n) is 1.92. The molecule has 21 heavy (non-hydrogen) atoms. The third-order valence-electron chi connectivity index (χ3n) is 3.27. The van der Waals surface area contributed by atoms with Crippen molar-refractivity contribution in [3.8, 4) is 0 Å². The van der Waals surface area contributed by atoms with Crippen molar-refractivity contribution in [2.75, 3.05) is 18.5 Å². The summed E-state index contributed by atoms with van der Waals surface area (Å²) < 4.78 is 0. The Hall–Kier alpha value is -2.01. The Labute approximate surface area is 126 Å². The Morgan fingerprint density at radius 1 is 1.10 bits per heavy atom. The predicted molar refractivity (Wildman–Crippen MR) is 85.2 cm³/mol. The third kappa shape index (κ3) is 5.11. The molecule has 5 heteroatoms. The molecular weight excluding hydrogens is 262 g/mol. The van der Waals surface area contributed by atoms with Crippen molar-refractivity contribution in [2.24, 2.45) is 0 Å². The standard InChI is InChI=1S/C16H23N5/c1-13(2)18-12-15-4-5-16(20-19-15)21(3)11-8-14-6-9-17-10-7-14/h4-7,9-10,13,18H,8,11-12H2,1-3H3. The van der Waals surface area contributed by atoms with E-state index in [4.69, 9.17) is 0 Å². The summed E-state index contributed by atoms with van der Waals surface area (Å²) in [5.74, 6) is 0.900. The van der Waals surface area contributed by atoms with E-state index in [0.717, 1.165) is 31.0 Å². The van der Waals surface area contributed by atoms with Gasteiger partial charge in [0.2, 0.25) is 0 Å². The number of aromatic nitrogens is 3. The fourth-order valence-corrected chi connectivity index (χ4v) is 1.92. The second kappa shape index (κ2) is 7.69. The zero-order chi connectivity index (χ0) is 15.1. The number of rotatable bonds is 7. The molecule has 0 radical (unpaired) electrons. The van der Waals surface area contributed by atoms with Crippen LogP contribution in [-0.2, 0) is 13.0 Å². The van der Waals surface area contributed by atoms with Crippen molar-refractivity contribution in [1.29, 1.82) is 0 Å². The van der Waals surface area contributed by atoms with Gasteiger partial charge in [-0.15, -0.1) is 5.10 Å². The molecule has 2 aromatic heterocycles. The van der Waals surface area contributed by atoms with Gasteiger partial charge in [-0.1, -0.05) is 13.8 Å². The van der Waals surface area contributed by atoms with Gasteiger partial charge in [0.25, 0.3) is 0 Å². The van der Waals surface area contributed by atoms with Crippen molar-refractivity contribution in [3.63, 3.8) is 0 Å². The average Bonchev–Trinajstić information content (AvgIpc) is 2.52. The van der Waals surface area contributed by atoms with Crippen LogP contribution < -0.4 is 10.2 Å². The largest absolute Gasteiger partial charge is 0.358 e. The third-order valence-corrected chi connectivity index (χ3v) is 3.27. The molecule has 0 atom stereocenters. The van der Waals surface area contributed by atoms with Gasteiger partial charge in [-0.3, -0.25) is 4.98 Å². The number of hydrogen-bond acceptors (Lipinski definition) is 5. The van der Waals surface area contributed by atoms with E-state index in [1.165, 1.54) is 5.56 Å². The Bertz CT molecular complexity index is 524. The Balaban J connectivity index is 1.86. The molecule has 1 N–H and O–H groups in total. The maximum atomic E-state index is 4.29. The second-order valence-electron chi connectivity index (χ2n) is 5.45. The first kappa shape index (κ1) is 15.4. The van der Waals surface area contributed by atoms with Gasteiger partial charge in [0.05, 0.1) is 5.69 Å². The van der Waals surface area contributed by atoms with Crippen molar-refractivity contribution in [2.45, 2.75) is 32.9 Å². The van der Waals surface area contributed by atoms with E-state index in [9.17, 15) is 0 Å². The highest BCUT2D eigenvalue weighted by molar-refractivity contribution is 5.36. The predicted octanol–water partition coefficient (Wildman–Crippen LogP) is 2.05. The number of likely N-dealkylation sites (N-methyl/N-ethyl adjacent to an activating group) is 1. The zero-order valence-corrected chi connectivity index (χ0v) is 13.0. The number of nitrogens with zero attached hydrogens (tertiary/aromatic N) is 4. The summed E-state index contributed by atoms with van der Waals surface area (Å²) in [6, 6.07) is 8.59. The van der Waals surface area contributed by atoms with E-state index in [0.29, 0.717) is 6.04 Å². The van der Waals surface area contributed by atoms with Crippen molar-refractivity contribution in [3.05, 3.63) is 47.9 Å². The molecule has 2 aromatic rings. The quantitative estimate of drug-likeness (QED) is 0.844. The summed E-state index contributed by atoms with van der Waals surface area (Å²) in [6.45, 7) is 5.90. The molecule has 2 heterocycles. The molecule has 0 unspecified atom stereocenters. The Morgan fingerprint density at radius 3 is 2.48 bits per heavy atom. The lowest BCUT2D eigenvalue weighted by atomic mass is 10.2. The van der Waals surface area contributed by atoms with Gasteiger partial charge in [-0.2, -0.15) is 5.10 Å². The van der Waals surface area contributed by atoms with E-state index >= 15 is 0 Å². The zero-order valence-electron chi connectivity index (χ0n) is 13.0. The number of pyridine rings is 1. The highest BCUT2D eigenvalue weighted by Gasteiger charge is 2.04. The summed E-state index contributed by atoms with van der Waals surface area (Å²) in [6.07, 6.45) is 4.62. The van der Waals surface area contributed by atoms with Gasteiger partial charge in [0.15, 0.2) is 5.82 Å². The normalized spacial score (nSPS) is 10.9. The van der Waals surface area contributed by atoms with E-state index in [1.807, 2.05) is 43.7 Å². The van der Waals surface area contributed by atoms with Gasteiger partial charge >= 0.3 is 0 Å². The van der Waals surface area contributed by atoms with Crippen LogP contribution in [0.3, 0.4) is 0 Å². The van der Waals surface area contributed by atoms with Gasteiger partial charge in [0.1, 0.15) is 0 Å². The summed E-state index contributed by atoms with van der Waals surface area (Å²) >= 11 is 0. The molecular formula is C16H23N5. The number of hydrogen-bond donors (Lipinski definition) is 1. The number of nitrogens with one attached hydrogen (secondary N) is 1. The Morgan fingerprint density at radius 2 is 1.86 bits per heavy atom. The molecule has 0 fully saturated rings. The van der Waals surface area contributed by atoms with Gasteiger partial charge in [0, 0.05) is 38.6 Å². The van der Waals surface area contributed by atoms with Crippen LogP contribution >= 0.6 is 0 Å².